The fourth-order valence-electron chi connectivity index (χ4n) is 2.74. The fourth-order valence-corrected chi connectivity index (χ4v) is 2.74. The Morgan fingerprint density at radius 3 is 2.55 bits per heavy atom. The summed E-state index contributed by atoms with van der Waals surface area (Å²) in [6, 6.07) is 16.6. The summed E-state index contributed by atoms with van der Waals surface area (Å²) >= 11 is 0. The number of carbonyl (C=O) groups excluding carboxylic acids is 1. The second-order valence-electron chi connectivity index (χ2n) is 5.24. The molecule has 108 valence electrons. The molecule has 0 unspecified atom stereocenters. The average Bonchev–Trinajstić information content (AvgIpc) is 2.54. The molecule has 0 saturated heterocycles. The smallest absolute Gasteiger partial charge is 0.255 e. The minimum Gasteiger partial charge on any atom is -0.361 e. The third-order valence-electron chi connectivity index (χ3n) is 3.84. The first kappa shape index (κ1) is 12.6. The van der Waals surface area contributed by atoms with E-state index in [2.05, 4.69) is 15.6 Å². The number of rotatable bonds is 1. The van der Waals surface area contributed by atoms with Crippen molar-refractivity contribution in [3.63, 3.8) is 0 Å². The molecule has 0 bridgehead atoms. The monoisotopic (exact) mass is 291 g/mol. The number of amides is 1. The Bertz CT molecular complexity index is 946. The Balaban J connectivity index is 1.82. The number of hydrogen-bond donors (Lipinski definition) is 3. The lowest BCUT2D eigenvalue weighted by molar-refractivity contribution is 0.0935. The first-order chi connectivity index (χ1) is 10.7. The molecule has 4 rings (SSSR count). The molecule has 0 saturated carbocycles. The summed E-state index contributed by atoms with van der Waals surface area (Å²) < 4.78 is 0. The third kappa shape index (κ3) is 1.95. The van der Waals surface area contributed by atoms with Crippen molar-refractivity contribution in [2.45, 2.75) is 6.17 Å². The molecule has 1 atom stereocenters. The Kier molecular flexibility index (Phi) is 2.72. The van der Waals surface area contributed by atoms with E-state index in [4.69, 9.17) is 0 Å². The summed E-state index contributed by atoms with van der Waals surface area (Å²) in [5.41, 5.74) is 2.36. The van der Waals surface area contributed by atoms with Crippen molar-refractivity contribution in [2.75, 3.05) is 5.32 Å². The maximum absolute atomic E-state index is 12.3. The van der Waals surface area contributed by atoms with Gasteiger partial charge in [-0.2, -0.15) is 0 Å². The van der Waals surface area contributed by atoms with Gasteiger partial charge in [-0.25, -0.2) is 0 Å². The maximum Gasteiger partial charge on any atom is 0.255 e. The summed E-state index contributed by atoms with van der Waals surface area (Å²) in [6.07, 6.45) is -0.546. The molecule has 1 aliphatic rings. The van der Waals surface area contributed by atoms with Crippen LogP contribution >= 0.6 is 0 Å². The fraction of sp³-hybridized carbons (Fsp3) is 0.0588. The van der Waals surface area contributed by atoms with Crippen molar-refractivity contribution in [2.24, 2.45) is 0 Å². The van der Waals surface area contributed by atoms with Crippen molar-refractivity contribution in [1.29, 1.82) is 0 Å². The summed E-state index contributed by atoms with van der Waals surface area (Å²) in [4.78, 5) is 27.3. The van der Waals surface area contributed by atoms with Crippen LogP contribution in [0.4, 0.5) is 5.69 Å². The molecule has 0 aliphatic carbocycles. The van der Waals surface area contributed by atoms with E-state index in [1.54, 1.807) is 12.1 Å². The van der Waals surface area contributed by atoms with Crippen LogP contribution in [0, 0.1) is 0 Å². The van der Waals surface area contributed by atoms with Crippen LogP contribution in [0.1, 0.15) is 22.1 Å². The van der Waals surface area contributed by atoms with Gasteiger partial charge in [-0.15, -0.1) is 0 Å². The SMILES string of the molecule is O=C1N[C@H](c2cc3ccccc3[nH]c2=O)Nc2ccccc21. The number of anilines is 1. The van der Waals surface area contributed by atoms with E-state index in [-0.39, 0.29) is 11.5 Å². The normalized spacial score (nSPS) is 16.7. The molecular formula is C17H13N3O2. The van der Waals surface area contributed by atoms with Crippen LogP contribution in [-0.4, -0.2) is 10.9 Å². The first-order valence-corrected chi connectivity index (χ1v) is 7.01. The summed E-state index contributed by atoms with van der Waals surface area (Å²) in [6.45, 7) is 0. The number of carbonyl (C=O) groups is 1. The molecule has 0 fully saturated rings. The van der Waals surface area contributed by atoms with Gasteiger partial charge < -0.3 is 15.6 Å². The van der Waals surface area contributed by atoms with Gasteiger partial charge >= 0.3 is 0 Å². The maximum atomic E-state index is 12.3. The van der Waals surface area contributed by atoms with Crippen LogP contribution < -0.4 is 16.2 Å². The molecule has 1 aliphatic heterocycles. The van der Waals surface area contributed by atoms with E-state index in [0.29, 0.717) is 11.1 Å². The summed E-state index contributed by atoms with van der Waals surface area (Å²) in [5.74, 6) is -0.188. The molecule has 2 heterocycles. The minimum atomic E-state index is -0.546. The van der Waals surface area contributed by atoms with Crippen LogP contribution in [0.3, 0.4) is 0 Å². The Labute approximate surface area is 126 Å². The Hall–Kier alpha value is -3.08. The zero-order valence-corrected chi connectivity index (χ0v) is 11.6. The summed E-state index contributed by atoms with van der Waals surface area (Å²) in [5, 5.41) is 6.94. The molecule has 1 amide bonds. The van der Waals surface area contributed by atoms with Crippen molar-refractivity contribution in [1.82, 2.24) is 10.3 Å². The van der Waals surface area contributed by atoms with Gasteiger partial charge in [0.25, 0.3) is 11.5 Å². The molecule has 1 aromatic heterocycles. The number of aromatic nitrogens is 1. The average molecular weight is 291 g/mol. The molecule has 22 heavy (non-hydrogen) atoms. The quantitative estimate of drug-likeness (QED) is 0.644. The van der Waals surface area contributed by atoms with Crippen LogP contribution in [0.2, 0.25) is 0 Å². The topological polar surface area (TPSA) is 74.0 Å². The van der Waals surface area contributed by atoms with Crippen molar-refractivity contribution in [3.05, 3.63) is 76.1 Å². The number of para-hydroxylation sites is 2. The van der Waals surface area contributed by atoms with Gasteiger partial charge in [-0.3, -0.25) is 9.59 Å². The van der Waals surface area contributed by atoms with Crippen molar-refractivity contribution < 1.29 is 4.79 Å². The Morgan fingerprint density at radius 1 is 0.864 bits per heavy atom. The lowest BCUT2D eigenvalue weighted by Crippen LogP contribution is -2.40. The van der Waals surface area contributed by atoms with E-state index in [9.17, 15) is 9.59 Å². The molecule has 0 radical (unpaired) electrons. The number of fused-ring (bicyclic) bond motifs is 2. The molecule has 5 heteroatoms. The van der Waals surface area contributed by atoms with Crippen molar-refractivity contribution >= 4 is 22.5 Å². The van der Waals surface area contributed by atoms with Gasteiger partial charge in [-0.1, -0.05) is 30.3 Å². The largest absolute Gasteiger partial charge is 0.361 e. The molecular weight excluding hydrogens is 278 g/mol. The number of nitrogens with one attached hydrogen (secondary N) is 3. The van der Waals surface area contributed by atoms with E-state index in [0.717, 1.165) is 16.6 Å². The van der Waals surface area contributed by atoms with E-state index < -0.39 is 6.17 Å². The predicted molar refractivity (Wildman–Crippen MR) is 84.8 cm³/mol. The highest BCUT2D eigenvalue weighted by atomic mass is 16.2. The minimum absolute atomic E-state index is 0.188. The number of hydrogen-bond acceptors (Lipinski definition) is 3. The standard InChI is InChI=1S/C17H13N3O2/c21-16-11-6-2-4-8-14(11)18-15(20-16)12-9-10-5-1-3-7-13(10)19-17(12)22/h1-9,15,18H,(H,19,22)(H,20,21)/t15-/m1/s1. The predicted octanol–water partition coefficient (Wildman–Crippen LogP) is 2.38. The van der Waals surface area contributed by atoms with Gasteiger partial charge in [0, 0.05) is 11.2 Å². The number of pyridine rings is 1. The van der Waals surface area contributed by atoms with Gasteiger partial charge in [0.2, 0.25) is 0 Å². The van der Waals surface area contributed by atoms with E-state index >= 15 is 0 Å². The molecule has 0 spiro atoms. The lowest BCUT2D eigenvalue weighted by Gasteiger charge is -2.27. The van der Waals surface area contributed by atoms with Crippen LogP contribution in [0.25, 0.3) is 10.9 Å². The zero-order valence-electron chi connectivity index (χ0n) is 11.6. The van der Waals surface area contributed by atoms with E-state index in [1.807, 2.05) is 42.5 Å². The van der Waals surface area contributed by atoms with Gasteiger partial charge in [0.15, 0.2) is 0 Å². The van der Waals surface area contributed by atoms with Crippen LogP contribution in [0.5, 0.6) is 0 Å². The number of benzene rings is 2. The molecule has 2 aromatic carbocycles. The van der Waals surface area contributed by atoms with E-state index in [1.165, 1.54) is 0 Å². The van der Waals surface area contributed by atoms with Crippen molar-refractivity contribution in [3.8, 4) is 0 Å². The van der Waals surface area contributed by atoms with Gasteiger partial charge in [0.1, 0.15) is 6.17 Å². The summed E-state index contributed by atoms with van der Waals surface area (Å²) in [7, 11) is 0. The van der Waals surface area contributed by atoms with Gasteiger partial charge in [0.05, 0.1) is 11.1 Å². The number of H-pyrrole nitrogens is 1. The highest BCUT2D eigenvalue weighted by Crippen LogP contribution is 2.25. The lowest BCUT2D eigenvalue weighted by atomic mass is 10.1. The Morgan fingerprint density at radius 2 is 1.64 bits per heavy atom. The third-order valence-corrected chi connectivity index (χ3v) is 3.84. The van der Waals surface area contributed by atoms with Crippen LogP contribution in [-0.2, 0) is 0 Å². The first-order valence-electron chi connectivity index (χ1n) is 7.01. The second-order valence-corrected chi connectivity index (χ2v) is 5.24. The van der Waals surface area contributed by atoms with Gasteiger partial charge in [-0.05, 0) is 29.7 Å². The molecule has 5 nitrogen and oxygen atoms in total. The number of aromatic amines is 1. The zero-order chi connectivity index (χ0) is 15.1. The van der Waals surface area contributed by atoms with Crippen LogP contribution in [0.15, 0.2) is 59.4 Å². The second kappa shape index (κ2) is 4.73. The molecule has 3 aromatic rings. The highest BCUT2D eigenvalue weighted by Gasteiger charge is 2.26. The highest BCUT2D eigenvalue weighted by molar-refractivity contribution is 6.01. The molecule has 3 N–H and O–H groups in total.